The van der Waals surface area contributed by atoms with E-state index >= 15 is 0 Å². The number of methoxy groups -OCH3 is 1. The number of carbonyl (C=O) groups is 1. The van der Waals surface area contributed by atoms with E-state index in [1.165, 1.54) is 7.11 Å². The Kier molecular flexibility index (Phi) is 7.29. The number of aliphatic hydroxyl groups is 1. The molecule has 5 nitrogen and oxygen atoms in total. The predicted octanol–water partition coefficient (Wildman–Crippen LogP) is 0.0363. The molecule has 0 aliphatic carbocycles. The van der Waals surface area contributed by atoms with Crippen LogP contribution in [0.5, 0.6) is 0 Å². The van der Waals surface area contributed by atoms with Crippen LogP contribution in [0.15, 0.2) is 0 Å². The summed E-state index contributed by atoms with van der Waals surface area (Å²) in [5, 5.41) is 18.2. The van der Waals surface area contributed by atoms with Crippen molar-refractivity contribution in [3.05, 3.63) is 0 Å². The minimum absolute atomic E-state index is 0.276. The Morgan fingerprint density at radius 3 is 2.47 bits per heavy atom. The van der Waals surface area contributed by atoms with E-state index in [0.717, 1.165) is 6.54 Å². The Hall–Kier alpha value is -0.650. The van der Waals surface area contributed by atoms with Gasteiger partial charge in [0.05, 0.1) is 18.6 Å². The van der Waals surface area contributed by atoms with Crippen LogP contribution >= 0.6 is 0 Å². The third kappa shape index (κ3) is 6.43. The Bertz CT molecular complexity index is 186. The van der Waals surface area contributed by atoms with Crippen molar-refractivity contribution in [2.75, 3.05) is 33.4 Å². The van der Waals surface area contributed by atoms with Crippen molar-refractivity contribution in [2.45, 2.75) is 20.0 Å². The quantitative estimate of drug-likeness (QED) is 0.603. The van der Waals surface area contributed by atoms with Crippen LogP contribution in [0.25, 0.3) is 0 Å². The molecule has 0 saturated carbocycles. The number of hydrogen-bond donors (Lipinski definition) is 2. The highest BCUT2D eigenvalue weighted by atomic mass is 16.5. The average molecular weight is 219 g/mol. The number of carboxylic acid groups (broad SMARTS) is 1. The molecule has 0 amide bonds. The van der Waals surface area contributed by atoms with E-state index in [0.29, 0.717) is 13.1 Å². The lowest BCUT2D eigenvalue weighted by molar-refractivity contribution is -0.141. The summed E-state index contributed by atoms with van der Waals surface area (Å²) < 4.78 is 4.81. The summed E-state index contributed by atoms with van der Waals surface area (Å²) in [5.74, 6) is -1.23. The number of hydrogen-bond acceptors (Lipinski definition) is 4. The summed E-state index contributed by atoms with van der Waals surface area (Å²) in [6.07, 6.45) is -0.559. The van der Waals surface area contributed by atoms with Gasteiger partial charge >= 0.3 is 5.97 Å². The minimum Gasteiger partial charge on any atom is -0.481 e. The van der Waals surface area contributed by atoms with Crippen LogP contribution in [0.3, 0.4) is 0 Å². The molecule has 0 aliphatic rings. The first kappa shape index (κ1) is 14.3. The number of carboxylic acids is 1. The largest absolute Gasteiger partial charge is 0.481 e. The molecule has 5 heteroatoms. The molecule has 0 aliphatic heterocycles. The Labute approximate surface area is 90.6 Å². The van der Waals surface area contributed by atoms with Gasteiger partial charge in [0.25, 0.3) is 0 Å². The van der Waals surface area contributed by atoms with Crippen molar-refractivity contribution in [3.8, 4) is 0 Å². The summed E-state index contributed by atoms with van der Waals surface area (Å²) >= 11 is 0. The Morgan fingerprint density at radius 1 is 1.47 bits per heavy atom. The van der Waals surface area contributed by atoms with E-state index < -0.39 is 18.0 Å². The van der Waals surface area contributed by atoms with E-state index in [1.807, 2.05) is 11.8 Å². The van der Waals surface area contributed by atoms with Crippen molar-refractivity contribution in [2.24, 2.45) is 5.92 Å². The van der Waals surface area contributed by atoms with Gasteiger partial charge in [-0.15, -0.1) is 0 Å². The van der Waals surface area contributed by atoms with Crippen LogP contribution in [0, 0.1) is 5.92 Å². The smallest absolute Gasteiger partial charge is 0.307 e. The van der Waals surface area contributed by atoms with Gasteiger partial charge in [-0.25, -0.2) is 0 Å². The molecule has 0 rings (SSSR count). The molecular formula is C10H21NO4. The molecule has 90 valence electrons. The molecule has 0 aromatic heterocycles. The van der Waals surface area contributed by atoms with Gasteiger partial charge in [-0.2, -0.15) is 0 Å². The van der Waals surface area contributed by atoms with Crippen molar-refractivity contribution in [3.63, 3.8) is 0 Å². The van der Waals surface area contributed by atoms with Crippen molar-refractivity contribution in [1.29, 1.82) is 0 Å². The topological polar surface area (TPSA) is 70.0 Å². The highest BCUT2D eigenvalue weighted by Crippen LogP contribution is 2.01. The first-order chi connectivity index (χ1) is 7.01. The van der Waals surface area contributed by atoms with Crippen molar-refractivity contribution >= 4 is 5.97 Å². The monoisotopic (exact) mass is 219 g/mol. The third-order valence-corrected chi connectivity index (χ3v) is 2.23. The molecule has 0 radical (unpaired) electrons. The fourth-order valence-corrected chi connectivity index (χ4v) is 1.34. The van der Waals surface area contributed by atoms with Gasteiger partial charge in [0.2, 0.25) is 0 Å². The molecule has 0 fully saturated rings. The summed E-state index contributed by atoms with van der Waals surface area (Å²) in [6, 6.07) is 0. The van der Waals surface area contributed by atoms with E-state index in [2.05, 4.69) is 0 Å². The molecule has 2 atom stereocenters. The zero-order valence-corrected chi connectivity index (χ0v) is 9.64. The second-order valence-electron chi connectivity index (χ2n) is 3.70. The summed E-state index contributed by atoms with van der Waals surface area (Å²) in [5.41, 5.74) is 0. The number of nitrogens with zero attached hydrogens (tertiary/aromatic N) is 1. The zero-order chi connectivity index (χ0) is 11.8. The lowest BCUT2D eigenvalue weighted by atomic mass is 10.1. The van der Waals surface area contributed by atoms with Crippen LogP contribution in [-0.2, 0) is 9.53 Å². The molecule has 0 aromatic carbocycles. The Balaban J connectivity index is 3.96. The Morgan fingerprint density at radius 2 is 2.07 bits per heavy atom. The maximum atomic E-state index is 10.6. The molecule has 2 unspecified atom stereocenters. The van der Waals surface area contributed by atoms with E-state index in [9.17, 15) is 9.90 Å². The molecule has 0 bridgehead atoms. The normalized spacial score (nSPS) is 15.3. The number of aliphatic hydroxyl groups excluding tert-OH is 1. The number of likely N-dealkylation sites (N-methyl/N-ethyl adjacent to an activating group) is 1. The van der Waals surface area contributed by atoms with Crippen LogP contribution in [-0.4, -0.2) is 60.5 Å². The van der Waals surface area contributed by atoms with Gasteiger partial charge in [0, 0.05) is 20.2 Å². The highest BCUT2D eigenvalue weighted by Gasteiger charge is 2.17. The zero-order valence-electron chi connectivity index (χ0n) is 9.64. The molecule has 0 aromatic rings. The average Bonchev–Trinajstić information content (AvgIpc) is 2.16. The molecule has 15 heavy (non-hydrogen) atoms. The fraction of sp³-hybridized carbons (Fsp3) is 0.900. The number of aliphatic carboxylic acids is 1. The standard InChI is InChI=1S/C10H21NO4/c1-4-11(5-8(2)10(13)14)6-9(12)7-15-3/h8-9,12H,4-7H2,1-3H3,(H,13,14). The third-order valence-electron chi connectivity index (χ3n) is 2.23. The lowest BCUT2D eigenvalue weighted by Gasteiger charge is -2.24. The van der Waals surface area contributed by atoms with Gasteiger partial charge in [-0.3, -0.25) is 4.79 Å². The molecule has 0 spiro atoms. The fourth-order valence-electron chi connectivity index (χ4n) is 1.34. The van der Waals surface area contributed by atoms with Crippen LogP contribution in [0.4, 0.5) is 0 Å². The van der Waals surface area contributed by atoms with E-state index in [4.69, 9.17) is 9.84 Å². The van der Waals surface area contributed by atoms with Crippen LogP contribution in [0.1, 0.15) is 13.8 Å². The molecular weight excluding hydrogens is 198 g/mol. The van der Waals surface area contributed by atoms with Gasteiger partial charge in [0.15, 0.2) is 0 Å². The van der Waals surface area contributed by atoms with Crippen LogP contribution in [0.2, 0.25) is 0 Å². The van der Waals surface area contributed by atoms with Gasteiger partial charge in [-0.05, 0) is 6.54 Å². The number of ether oxygens (including phenoxy) is 1. The van der Waals surface area contributed by atoms with Crippen LogP contribution < -0.4 is 0 Å². The lowest BCUT2D eigenvalue weighted by Crippen LogP contribution is -2.38. The SMILES string of the molecule is CCN(CC(O)COC)CC(C)C(=O)O. The predicted molar refractivity (Wildman–Crippen MR) is 56.8 cm³/mol. The van der Waals surface area contributed by atoms with Crippen molar-refractivity contribution < 1.29 is 19.7 Å². The summed E-state index contributed by atoms with van der Waals surface area (Å²) in [6.45, 7) is 5.49. The number of rotatable bonds is 8. The van der Waals surface area contributed by atoms with Crippen molar-refractivity contribution in [1.82, 2.24) is 4.90 Å². The minimum atomic E-state index is -0.810. The summed E-state index contributed by atoms with van der Waals surface area (Å²) in [4.78, 5) is 12.6. The van der Waals surface area contributed by atoms with E-state index in [-0.39, 0.29) is 6.61 Å². The van der Waals surface area contributed by atoms with Gasteiger partial charge < -0.3 is 19.8 Å². The molecule has 2 N–H and O–H groups in total. The van der Waals surface area contributed by atoms with E-state index in [1.54, 1.807) is 6.92 Å². The summed E-state index contributed by atoms with van der Waals surface area (Å²) in [7, 11) is 1.53. The highest BCUT2D eigenvalue weighted by molar-refractivity contribution is 5.69. The second kappa shape index (κ2) is 7.62. The second-order valence-corrected chi connectivity index (χ2v) is 3.70. The first-order valence-electron chi connectivity index (χ1n) is 5.13. The van der Waals surface area contributed by atoms with Gasteiger partial charge in [0.1, 0.15) is 0 Å². The maximum Gasteiger partial charge on any atom is 0.307 e. The first-order valence-corrected chi connectivity index (χ1v) is 5.13. The molecule has 0 heterocycles. The maximum absolute atomic E-state index is 10.6. The van der Waals surface area contributed by atoms with Gasteiger partial charge in [-0.1, -0.05) is 13.8 Å². The molecule has 0 saturated heterocycles.